The lowest BCUT2D eigenvalue weighted by atomic mass is 9.92. The SMILES string of the molecule is COC(=O)CCCCCCC(=O)OC(CCCCCCC(=O)OC)C(CO)CCCCCC(=O)OC. The second-order valence-corrected chi connectivity index (χ2v) is 9.17. The molecule has 0 spiro atoms. The van der Waals surface area contributed by atoms with Crippen LogP contribution in [0.1, 0.15) is 109 Å². The van der Waals surface area contributed by atoms with Crippen LogP contribution >= 0.6 is 0 Å². The summed E-state index contributed by atoms with van der Waals surface area (Å²) in [5.74, 6) is -1.06. The van der Waals surface area contributed by atoms with Gasteiger partial charge in [-0.2, -0.15) is 0 Å². The lowest BCUT2D eigenvalue weighted by Crippen LogP contribution is -2.29. The summed E-state index contributed by atoms with van der Waals surface area (Å²) >= 11 is 0. The van der Waals surface area contributed by atoms with Crippen LogP contribution in [0.15, 0.2) is 0 Å². The van der Waals surface area contributed by atoms with Gasteiger partial charge >= 0.3 is 23.9 Å². The molecular weight excluding hydrogens is 468 g/mol. The van der Waals surface area contributed by atoms with Crippen molar-refractivity contribution < 1.29 is 43.2 Å². The molecule has 9 heteroatoms. The number of methoxy groups -OCH3 is 3. The third-order valence-corrected chi connectivity index (χ3v) is 6.31. The Morgan fingerprint density at radius 1 is 0.528 bits per heavy atom. The van der Waals surface area contributed by atoms with Crippen molar-refractivity contribution >= 4 is 23.9 Å². The van der Waals surface area contributed by atoms with Gasteiger partial charge in [0.25, 0.3) is 0 Å². The first kappa shape index (κ1) is 33.8. The molecule has 210 valence electrons. The first-order valence-corrected chi connectivity index (χ1v) is 13.4. The highest BCUT2D eigenvalue weighted by Crippen LogP contribution is 2.23. The van der Waals surface area contributed by atoms with Gasteiger partial charge in [0.15, 0.2) is 0 Å². The number of aliphatic hydroxyl groups excluding tert-OH is 1. The van der Waals surface area contributed by atoms with Crippen LogP contribution < -0.4 is 0 Å². The van der Waals surface area contributed by atoms with Crippen molar-refractivity contribution in [3.05, 3.63) is 0 Å². The number of aliphatic hydroxyl groups is 1. The molecule has 0 aromatic rings. The average Bonchev–Trinajstić information content (AvgIpc) is 2.88. The van der Waals surface area contributed by atoms with Crippen LogP contribution in [0.4, 0.5) is 0 Å². The molecule has 2 unspecified atom stereocenters. The highest BCUT2D eigenvalue weighted by atomic mass is 16.5. The minimum atomic E-state index is -0.358. The predicted molar refractivity (Wildman–Crippen MR) is 135 cm³/mol. The van der Waals surface area contributed by atoms with Crippen molar-refractivity contribution in [1.29, 1.82) is 0 Å². The highest BCUT2D eigenvalue weighted by Gasteiger charge is 2.24. The molecule has 9 nitrogen and oxygen atoms in total. The zero-order chi connectivity index (χ0) is 27.0. The van der Waals surface area contributed by atoms with Crippen molar-refractivity contribution in [3.8, 4) is 0 Å². The van der Waals surface area contributed by atoms with Gasteiger partial charge < -0.3 is 24.1 Å². The Morgan fingerprint density at radius 2 is 0.889 bits per heavy atom. The molecule has 36 heavy (non-hydrogen) atoms. The summed E-state index contributed by atoms with van der Waals surface area (Å²) in [4.78, 5) is 46.2. The molecule has 0 amide bonds. The Labute approximate surface area is 216 Å². The van der Waals surface area contributed by atoms with E-state index in [1.165, 1.54) is 21.3 Å². The summed E-state index contributed by atoms with van der Waals surface area (Å²) in [6.45, 7) is -0.0647. The zero-order valence-electron chi connectivity index (χ0n) is 22.6. The van der Waals surface area contributed by atoms with E-state index in [0.717, 1.165) is 64.2 Å². The van der Waals surface area contributed by atoms with Crippen LogP contribution in [-0.4, -0.2) is 63.0 Å². The molecule has 0 aromatic heterocycles. The van der Waals surface area contributed by atoms with Crippen LogP contribution in [0.2, 0.25) is 0 Å². The average molecular weight is 517 g/mol. The molecule has 0 aliphatic rings. The molecule has 0 rings (SSSR count). The van der Waals surface area contributed by atoms with E-state index in [1.54, 1.807) is 0 Å². The highest BCUT2D eigenvalue weighted by molar-refractivity contribution is 5.70. The van der Waals surface area contributed by atoms with E-state index in [2.05, 4.69) is 14.2 Å². The van der Waals surface area contributed by atoms with E-state index in [0.29, 0.717) is 44.9 Å². The minimum absolute atomic E-state index is 0.0647. The van der Waals surface area contributed by atoms with Crippen LogP contribution in [-0.2, 0) is 38.1 Å². The topological polar surface area (TPSA) is 125 Å². The van der Waals surface area contributed by atoms with Gasteiger partial charge in [-0.05, 0) is 44.9 Å². The van der Waals surface area contributed by atoms with Crippen molar-refractivity contribution in [3.63, 3.8) is 0 Å². The van der Waals surface area contributed by atoms with Gasteiger partial charge in [-0.3, -0.25) is 19.2 Å². The van der Waals surface area contributed by atoms with E-state index in [9.17, 15) is 24.3 Å². The van der Waals surface area contributed by atoms with Crippen LogP contribution in [0, 0.1) is 5.92 Å². The Balaban J connectivity index is 4.55. The Kier molecular flexibility index (Phi) is 21.9. The summed E-state index contributed by atoms with van der Waals surface area (Å²) in [5, 5.41) is 10.0. The first-order chi connectivity index (χ1) is 17.4. The number of esters is 4. The Hall–Kier alpha value is -2.16. The number of hydrogen-bond donors (Lipinski definition) is 1. The predicted octanol–water partition coefficient (Wildman–Crippen LogP) is 4.66. The molecule has 0 radical (unpaired) electrons. The number of carbonyl (C=O) groups excluding carboxylic acids is 4. The quantitative estimate of drug-likeness (QED) is 0.117. The largest absolute Gasteiger partial charge is 0.469 e. The molecule has 0 heterocycles. The first-order valence-electron chi connectivity index (χ1n) is 13.4. The van der Waals surface area contributed by atoms with Crippen molar-refractivity contribution in [2.45, 2.75) is 115 Å². The number of unbranched alkanes of at least 4 members (excludes halogenated alkanes) is 8. The van der Waals surface area contributed by atoms with Gasteiger partial charge in [-0.1, -0.05) is 38.5 Å². The lowest BCUT2D eigenvalue weighted by Gasteiger charge is -2.26. The van der Waals surface area contributed by atoms with Gasteiger partial charge in [-0.15, -0.1) is 0 Å². The van der Waals surface area contributed by atoms with E-state index in [-0.39, 0.29) is 42.5 Å². The molecule has 0 saturated carbocycles. The summed E-state index contributed by atoms with van der Waals surface area (Å²) in [6, 6.07) is 0. The fourth-order valence-corrected chi connectivity index (χ4v) is 4.03. The van der Waals surface area contributed by atoms with Crippen molar-refractivity contribution in [2.24, 2.45) is 5.92 Å². The summed E-state index contributed by atoms with van der Waals surface area (Å²) in [6.07, 6.45) is 11.4. The fraction of sp³-hybridized carbons (Fsp3) is 0.852. The molecule has 0 aliphatic heterocycles. The second-order valence-electron chi connectivity index (χ2n) is 9.17. The van der Waals surface area contributed by atoms with Crippen molar-refractivity contribution in [2.75, 3.05) is 27.9 Å². The van der Waals surface area contributed by atoms with Crippen molar-refractivity contribution in [1.82, 2.24) is 0 Å². The van der Waals surface area contributed by atoms with E-state index >= 15 is 0 Å². The molecule has 1 N–H and O–H groups in total. The maximum absolute atomic E-state index is 12.5. The molecule has 0 aliphatic carbocycles. The van der Waals surface area contributed by atoms with E-state index in [1.807, 2.05) is 0 Å². The molecule has 0 aromatic carbocycles. The smallest absolute Gasteiger partial charge is 0.306 e. The lowest BCUT2D eigenvalue weighted by molar-refractivity contribution is -0.154. The summed E-state index contributed by atoms with van der Waals surface area (Å²) in [5.41, 5.74) is 0. The fourth-order valence-electron chi connectivity index (χ4n) is 4.03. The van der Waals surface area contributed by atoms with Crippen LogP contribution in [0.5, 0.6) is 0 Å². The zero-order valence-corrected chi connectivity index (χ0v) is 22.6. The van der Waals surface area contributed by atoms with E-state index in [4.69, 9.17) is 4.74 Å². The van der Waals surface area contributed by atoms with Crippen LogP contribution in [0.3, 0.4) is 0 Å². The monoisotopic (exact) mass is 516 g/mol. The van der Waals surface area contributed by atoms with Gasteiger partial charge in [0.1, 0.15) is 6.10 Å². The summed E-state index contributed by atoms with van der Waals surface area (Å²) in [7, 11) is 4.13. The number of carbonyl (C=O) groups is 4. The third kappa shape index (κ3) is 19.1. The molecule has 0 saturated heterocycles. The molecule has 2 atom stereocenters. The number of rotatable bonds is 23. The van der Waals surface area contributed by atoms with Gasteiger partial charge in [0.05, 0.1) is 21.3 Å². The Bertz CT molecular complexity index is 606. The Morgan fingerprint density at radius 3 is 1.31 bits per heavy atom. The van der Waals surface area contributed by atoms with Gasteiger partial charge in [-0.25, -0.2) is 0 Å². The normalized spacial score (nSPS) is 12.4. The van der Waals surface area contributed by atoms with E-state index < -0.39 is 0 Å². The molecular formula is C27H48O9. The van der Waals surface area contributed by atoms with Gasteiger partial charge in [0, 0.05) is 38.2 Å². The number of ether oxygens (including phenoxy) is 4. The van der Waals surface area contributed by atoms with Crippen LogP contribution in [0.25, 0.3) is 0 Å². The maximum atomic E-state index is 12.5. The summed E-state index contributed by atoms with van der Waals surface area (Å²) < 4.78 is 19.8. The number of hydrogen-bond acceptors (Lipinski definition) is 9. The molecule has 0 bridgehead atoms. The maximum Gasteiger partial charge on any atom is 0.306 e. The minimum Gasteiger partial charge on any atom is -0.469 e. The second kappa shape index (κ2) is 23.3. The van der Waals surface area contributed by atoms with Gasteiger partial charge in [0.2, 0.25) is 0 Å². The third-order valence-electron chi connectivity index (χ3n) is 6.31. The standard InChI is InChI=1S/C27H48O9/c1-33-24(29)17-11-5-4-10-16-23(22(21-28)15-9-8-14-19-26(31)35-3)36-27(32)20-13-7-6-12-18-25(30)34-2/h22-23,28H,4-21H2,1-3H3. The molecule has 0 fully saturated rings.